The van der Waals surface area contributed by atoms with Crippen LogP contribution in [-0.2, 0) is 11.2 Å². The third kappa shape index (κ3) is 4.38. The molecule has 0 bridgehead atoms. The predicted molar refractivity (Wildman–Crippen MR) is 82.8 cm³/mol. The zero-order valence-electron chi connectivity index (χ0n) is 13.2. The maximum atomic E-state index is 12.6. The molecule has 1 aromatic rings. The molecule has 2 rings (SSSR count). The summed E-state index contributed by atoms with van der Waals surface area (Å²) >= 11 is 0. The zero-order valence-corrected chi connectivity index (χ0v) is 13.2. The third-order valence-electron chi connectivity index (χ3n) is 3.85. The van der Waals surface area contributed by atoms with Crippen molar-refractivity contribution in [3.63, 3.8) is 0 Å². The lowest BCUT2D eigenvalue weighted by molar-refractivity contribution is -0.130. The van der Waals surface area contributed by atoms with Crippen LogP contribution in [0.1, 0.15) is 31.7 Å². The summed E-state index contributed by atoms with van der Waals surface area (Å²) in [6.45, 7) is 3.85. The van der Waals surface area contributed by atoms with Gasteiger partial charge in [-0.2, -0.15) is 0 Å². The van der Waals surface area contributed by atoms with Gasteiger partial charge in [-0.1, -0.05) is 6.92 Å². The Morgan fingerprint density at radius 2 is 2.05 bits per heavy atom. The van der Waals surface area contributed by atoms with Crippen molar-refractivity contribution in [3.05, 3.63) is 23.8 Å². The Balaban J connectivity index is 2.08. The monoisotopic (exact) mass is 291 g/mol. The van der Waals surface area contributed by atoms with Gasteiger partial charge >= 0.3 is 0 Å². The van der Waals surface area contributed by atoms with Gasteiger partial charge in [0.05, 0.1) is 20.6 Å². The van der Waals surface area contributed by atoms with E-state index >= 15 is 0 Å². The molecule has 0 atom stereocenters. The van der Waals surface area contributed by atoms with Gasteiger partial charge in [-0.15, -0.1) is 0 Å². The molecule has 1 aromatic carbocycles. The molecule has 4 nitrogen and oxygen atoms in total. The number of hydrogen-bond acceptors (Lipinski definition) is 3. The Bertz CT molecular complexity index is 483. The molecule has 116 valence electrons. The van der Waals surface area contributed by atoms with E-state index in [9.17, 15) is 4.79 Å². The van der Waals surface area contributed by atoms with E-state index in [1.807, 2.05) is 23.1 Å². The third-order valence-corrected chi connectivity index (χ3v) is 3.85. The Hall–Kier alpha value is -1.71. The van der Waals surface area contributed by atoms with Gasteiger partial charge in [-0.05, 0) is 43.4 Å². The highest BCUT2D eigenvalue weighted by atomic mass is 16.5. The first-order chi connectivity index (χ1) is 10.2. The molecule has 1 amide bonds. The van der Waals surface area contributed by atoms with Crippen LogP contribution < -0.4 is 9.47 Å². The SMILES string of the molecule is CCCN(CC1CC1)C(=O)Cc1cc(OC)ccc1OC. The van der Waals surface area contributed by atoms with E-state index in [4.69, 9.17) is 9.47 Å². The van der Waals surface area contributed by atoms with Crippen LogP contribution in [0.3, 0.4) is 0 Å². The Labute approximate surface area is 127 Å². The van der Waals surface area contributed by atoms with Gasteiger partial charge in [0.15, 0.2) is 0 Å². The molecule has 21 heavy (non-hydrogen) atoms. The number of methoxy groups -OCH3 is 2. The quantitative estimate of drug-likeness (QED) is 0.739. The van der Waals surface area contributed by atoms with Crippen LogP contribution in [0.2, 0.25) is 0 Å². The summed E-state index contributed by atoms with van der Waals surface area (Å²) in [5.41, 5.74) is 0.888. The first kappa shape index (κ1) is 15.7. The molecule has 0 saturated heterocycles. The predicted octanol–water partition coefficient (Wildman–Crippen LogP) is 2.89. The smallest absolute Gasteiger partial charge is 0.227 e. The molecular weight excluding hydrogens is 266 g/mol. The summed E-state index contributed by atoms with van der Waals surface area (Å²) in [5.74, 6) is 2.39. The van der Waals surface area contributed by atoms with E-state index in [2.05, 4.69) is 6.92 Å². The minimum atomic E-state index is 0.176. The first-order valence-corrected chi connectivity index (χ1v) is 7.66. The van der Waals surface area contributed by atoms with Crippen LogP contribution in [0.25, 0.3) is 0 Å². The van der Waals surface area contributed by atoms with Gasteiger partial charge in [0.25, 0.3) is 0 Å². The van der Waals surface area contributed by atoms with Gasteiger partial charge in [0.1, 0.15) is 11.5 Å². The highest BCUT2D eigenvalue weighted by Crippen LogP contribution is 2.30. The number of rotatable bonds is 8. The van der Waals surface area contributed by atoms with Crippen molar-refractivity contribution in [1.29, 1.82) is 0 Å². The number of hydrogen-bond donors (Lipinski definition) is 0. The molecule has 0 aliphatic heterocycles. The number of carbonyl (C=O) groups is 1. The van der Waals surface area contributed by atoms with Crippen molar-refractivity contribution in [1.82, 2.24) is 4.90 Å². The van der Waals surface area contributed by atoms with Crippen LogP contribution in [0.15, 0.2) is 18.2 Å². The summed E-state index contributed by atoms with van der Waals surface area (Å²) in [6, 6.07) is 5.59. The largest absolute Gasteiger partial charge is 0.497 e. The van der Waals surface area contributed by atoms with E-state index in [1.165, 1.54) is 12.8 Å². The average Bonchev–Trinajstić information content (AvgIpc) is 3.30. The molecule has 0 heterocycles. The van der Waals surface area contributed by atoms with Crippen molar-refractivity contribution in [2.24, 2.45) is 5.92 Å². The molecule has 0 aromatic heterocycles. The van der Waals surface area contributed by atoms with Crippen molar-refractivity contribution < 1.29 is 14.3 Å². The molecule has 0 N–H and O–H groups in total. The lowest BCUT2D eigenvalue weighted by Crippen LogP contribution is -2.34. The second-order valence-electron chi connectivity index (χ2n) is 5.64. The van der Waals surface area contributed by atoms with Crippen LogP contribution >= 0.6 is 0 Å². The summed E-state index contributed by atoms with van der Waals surface area (Å²) in [6.07, 6.45) is 3.88. The summed E-state index contributed by atoms with van der Waals surface area (Å²) in [7, 11) is 3.26. The van der Waals surface area contributed by atoms with E-state index in [0.717, 1.165) is 36.6 Å². The van der Waals surface area contributed by atoms with E-state index in [-0.39, 0.29) is 5.91 Å². The standard InChI is InChI=1S/C17H25NO3/c1-4-9-18(12-13-5-6-13)17(19)11-14-10-15(20-2)7-8-16(14)21-3/h7-8,10,13H,4-6,9,11-12H2,1-3H3. The lowest BCUT2D eigenvalue weighted by atomic mass is 10.1. The highest BCUT2D eigenvalue weighted by molar-refractivity contribution is 5.79. The topological polar surface area (TPSA) is 38.8 Å². The van der Waals surface area contributed by atoms with Gasteiger partial charge in [-0.25, -0.2) is 0 Å². The number of ether oxygens (including phenoxy) is 2. The van der Waals surface area contributed by atoms with Crippen LogP contribution in [0.4, 0.5) is 0 Å². The fourth-order valence-corrected chi connectivity index (χ4v) is 2.49. The summed E-state index contributed by atoms with van der Waals surface area (Å²) in [4.78, 5) is 14.6. The lowest BCUT2D eigenvalue weighted by Gasteiger charge is -2.22. The molecule has 0 unspecified atom stereocenters. The Kier molecular flexibility index (Phi) is 5.48. The van der Waals surface area contributed by atoms with Crippen LogP contribution in [0.5, 0.6) is 11.5 Å². The number of benzene rings is 1. The average molecular weight is 291 g/mol. The van der Waals surface area contributed by atoms with Crippen LogP contribution in [-0.4, -0.2) is 38.1 Å². The summed E-state index contributed by atoms with van der Waals surface area (Å²) < 4.78 is 10.6. The minimum absolute atomic E-state index is 0.176. The highest BCUT2D eigenvalue weighted by Gasteiger charge is 2.26. The Morgan fingerprint density at radius 1 is 1.29 bits per heavy atom. The first-order valence-electron chi connectivity index (χ1n) is 7.66. The minimum Gasteiger partial charge on any atom is -0.497 e. The van der Waals surface area contributed by atoms with E-state index in [1.54, 1.807) is 14.2 Å². The van der Waals surface area contributed by atoms with Gasteiger partial charge in [0, 0.05) is 18.7 Å². The molecule has 1 aliphatic carbocycles. The van der Waals surface area contributed by atoms with Crippen molar-refractivity contribution in [2.75, 3.05) is 27.3 Å². The molecule has 0 radical (unpaired) electrons. The van der Waals surface area contributed by atoms with Gasteiger partial charge < -0.3 is 14.4 Å². The van der Waals surface area contributed by atoms with Crippen molar-refractivity contribution >= 4 is 5.91 Å². The zero-order chi connectivity index (χ0) is 15.2. The van der Waals surface area contributed by atoms with Crippen molar-refractivity contribution in [2.45, 2.75) is 32.6 Å². The van der Waals surface area contributed by atoms with Crippen LogP contribution in [0, 0.1) is 5.92 Å². The molecule has 0 spiro atoms. The molecule has 1 fully saturated rings. The van der Waals surface area contributed by atoms with Gasteiger partial charge in [-0.3, -0.25) is 4.79 Å². The number of carbonyl (C=O) groups excluding carboxylic acids is 1. The molecule has 1 saturated carbocycles. The maximum absolute atomic E-state index is 12.6. The second-order valence-corrected chi connectivity index (χ2v) is 5.64. The van der Waals surface area contributed by atoms with E-state index in [0.29, 0.717) is 12.3 Å². The van der Waals surface area contributed by atoms with Gasteiger partial charge in [0.2, 0.25) is 5.91 Å². The summed E-state index contributed by atoms with van der Waals surface area (Å²) in [5, 5.41) is 0. The number of nitrogens with zero attached hydrogens (tertiary/aromatic N) is 1. The molecule has 1 aliphatic rings. The Morgan fingerprint density at radius 3 is 2.62 bits per heavy atom. The maximum Gasteiger partial charge on any atom is 0.227 e. The second kappa shape index (κ2) is 7.34. The normalized spacial score (nSPS) is 13.9. The van der Waals surface area contributed by atoms with E-state index < -0.39 is 0 Å². The number of amides is 1. The fraction of sp³-hybridized carbons (Fsp3) is 0.588. The fourth-order valence-electron chi connectivity index (χ4n) is 2.49. The van der Waals surface area contributed by atoms with Crippen molar-refractivity contribution in [3.8, 4) is 11.5 Å². The molecule has 4 heteroatoms. The molecular formula is C17H25NO3.